The van der Waals surface area contributed by atoms with Crippen molar-refractivity contribution in [1.29, 1.82) is 0 Å². The molecule has 0 unspecified atom stereocenters. The minimum Gasteiger partial charge on any atom is -0.493 e. The first-order valence-electron chi connectivity index (χ1n) is 31.0. The van der Waals surface area contributed by atoms with Crippen LogP contribution in [0.2, 0.25) is 0 Å². The van der Waals surface area contributed by atoms with Crippen LogP contribution in [0.15, 0.2) is 48.5 Å². The fourth-order valence-corrected chi connectivity index (χ4v) is 9.92. The number of carbonyl (C=O) groups excluding carboxylic acids is 4. The van der Waals surface area contributed by atoms with Crippen LogP contribution in [0, 0.1) is 30.6 Å². The molecule has 4 rings (SSSR count). The number of benzene rings is 4. The Bertz CT molecular complexity index is 2630. The molecule has 0 aliphatic rings. The average molecular weight is 1140 g/mol. The summed E-state index contributed by atoms with van der Waals surface area (Å²) >= 11 is 0. The van der Waals surface area contributed by atoms with E-state index in [1.165, 1.54) is 0 Å². The average Bonchev–Trinajstić information content (AvgIpc) is 3.44. The highest BCUT2D eigenvalue weighted by atomic mass is 16.5. The number of rotatable bonds is 39. The van der Waals surface area contributed by atoms with Gasteiger partial charge >= 0.3 is 23.9 Å². The van der Waals surface area contributed by atoms with Crippen molar-refractivity contribution < 1.29 is 57.1 Å². The van der Waals surface area contributed by atoms with E-state index in [0.717, 1.165) is 122 Å². The van der Waals surface area contributed by atoms with E-state index in [-0.39, 0.29) is 49.6 Å². The highest BCUT2D eigenvalue weighted by Crippen LogP contribution is 2.40. The summed E-state index contributed by atoms with van der Waals surface area (Å²) in [5.41, 5.74) is 11.8. The van der Waals surface area contributed by atoms with Crippen molar-refractivity contribution in [1.82, 2.24) is 0 Å². The smallest absolute Gasteiger partial charge is 0.306 e. The van der Waals surface area contributed by atoms with Gasteiger partial charge in [-0.15, -0.1) is 0 Å². The van der Waals surface area contributed by atoms with Gasteiger partial charge in [0, 0.05) is 44.9 Å². The van der Waals surface area contributed by atoms with E-state index in [1.807, 2.05) is 27.7 Å². The molecule has 82 heavy (non-hydrogen) atoms. The molecule has 0 bridgehead atoms. The second kappa shape index (κ2) is 36.5. The highest BCUT2D eigenvalue weighted by molar-refractivity contribution is 5.71. The van der Waals surface area contributed by atoms with Gasteiger partial charge in [-0.05, 0) is 183 Å². The van der Waals surface area contributed by atoms with Crippen LogP contribution in [0.3, 0.4) is 0 Å². The summed E-state index contributed by atoms with van der Waals surface area (Å²) < 4.78 is 49.3. The van der Waals surface area contributed by atoms with Gasteiger partial charge < -0.3 is 37.9 Å². The van der Waals surface area contributed by atoms with Gasteiger partial charge in [0.25, 0.3) is 0 Å². The molecular weight excluding hydrogens is 1030 g/mol. The highest BCUT2D eigenvalue weighted by Gasteiger charge is 2.24. The molecule has 0 amide bonds. The van der Waals surface area contributed by atoms with Crippen LogP contribution in [0.1, 0.15) is 208 Å². The van der Waals surface area contributed by atoms with E-state index in [2.05, 4.69) is 118 Å². The first kappa shape index (κ1) is 68.5. The Balaban J connectivity index is 2.11. The minimum atomic E-state index is -0.267. The Morgan fingerprint density at radius 2 is 0.573 bits per heavy atom. The van der Waals surface area contributed by atoms with Gasteiger partial charge in [0.05, 0.1) is 52.9 Å². The molecule has 0 aliphatic carbocycles. The lowest BCUT2D eigenvalue weighted by Crippen LogP contribution is -2.12. The summed E-state index contributed by atoms with van der Waals surface area (Å²) in [5, 5.41) is 0. The van der Waals surface area contributed by atoms with Crippen molar-refractivity contribution in [2.75, 3.05) is 52.9 Å². The Kier molecular flexibility index (Phi) is 30.5. The van der Waals surface area contributed by atoms with Gasteiger partial charge in [0.2, 0.25) is 0 Å². The first-order valence-corrected chi connectivity index (χ1v) is 31.0. The van der Waals surface area contributed by atoms with Crippen LogP contribution in [0.5, 0.6) is 23.0 Å². The summed E-state index contributed by atoms with van der Waals surface area (Å²) in [4.78, 5) is 51.7. The third-order valence-electron chi connectivity index (χ3n) is 14.3. The third kappa shape index (κ3) is 24.0. The maximum atomic E-state index is 13.1. The first-order chi connectivity index (χ1) is 39.3. The van der Waals surface area contributed by atoms with Gasteiger partial charge in [-0.1, -0.05) is 111 Å². The van der Waals surface area contributed by atoms with E-state index in [4.69, 9.17) is 37.9 Å². The second-order valence-electron chi connectivity index (χ2n) is 23.4. The normalized spacial score (nSPS) is 11.4. The molecule has 0 spiro atoms. The summed E-state index contributed by atoms with van der Waals surface area (Å²) in [6.45, 7) is 32.4. The molecule has 0 aliphatic heterocycles. The van der Waals surface area contributed by atoms with Crippen molar-refractivity contribution in [3.63, 3.8) is 0 Å². The molecule has 0 radical (unpaired) electrons. The van der Waals surface area contributed by atoms with E-state index in [9.17, 15) is 19.2 Å². The van der Waals surface area contributed by atoms with Crippen LogP contribution >= 0.6 is 0 Å². The predicted molar refractivity (Wildman–Crippen MR) is 328 cm³/mol. The molecule has 0 fully saturated rings. The maximum Gasteiger partial charge on any atom is 0.306 e. The van der Waals surface area contributed by atoms with Gasteiger partial charge in [0.15, 0.2) is 0 Å². The van der Waals surface area contributed by atoms with Crippen molar-refractivity contribution in [3.8, 4) is 23.0 Å². The van der Waals surface area contributed by atoms with Crippen LogP contribution < -0.4 is 18.9 Å². The second-order valence-corrected chi connectivity index (χ2v) is 23.4. The summed E-state index contributed by atoms with van der Waals surface area (Å²) in [6.07, 6.45) is 8.31. The molecule has 0 heterocycles. The lowest BCUT2D eigenvalue weighted by Gasteiger charge is -2.24. The molecule has 12 nitrogen and oxygen atoms in total. The Morgan fingerprint density at radius 3 is 0.829 bits per heavy atom. The van der Waals surface area contributed by atoms with Gasteiger partial charge in [-0.3, -0.25) is 19.2 Å². The van der Waals surface area contributed by atoms with Crippen LogP contribution in [0.4, 0.5) is 0 Å². The Hall–Kier alpha value is -6.04. The summed E-state index contributed by atoms with van der Waals surface area (Å²) in [5.74, 6) is 3.85. The quantitative estimate of drug-likeness (QED) is 0.0310. The standard InChI is InChI=1S/C70H102O12/c1-15-56-37-53(21-25-64(72)76-17-3)39-58(68(56)80-33-29-48(8)9)45-60-41-55(23-27-66(74)78-19-5)43-62(70(60)82-35-31-50(12)13)46-61-42-54(22-26-65(73)77-18-4)40-59(69(61)81-34-30-49(10)11)44-57-38-52(20-24-63(71)75-16-2)36-51(14)67(57)79-32-28-47(6)7/h36-43,47-50H,15-35,44-46H2,1-14H3. The molecular formula is C70H102O12. The van der Waals surface area contributed by atoms with Crippen LogP contribution in [-0.4, -0.2) is 76.7 Å². The van der Waals surface area contributed by atoms with Crippen molar-refractivity contribution in [2.24, 2.45) is 23.7 Å². The number of hydrogen-bond acceptors (Lipinski definition) is 12. The van der Waals surface area contributed by atoms with E-state index < -0.39 is 0 Å². The molecule has 0 saturated heterocycles. The summed E-state index contributed by atoms with van der Waals surface area (Å²) in [6, 6.07) is 17.3. The van der Waals surface area contributed by atoms with E-state index in [1.54, 1.807) is 0 Å². The van der Waals surface area contributed by atoms with E-state index >= 15 is 0 Å². The maximum absolute atomic E-state index is 13.1. The molecule has 4 aromatic carbocycles. The Morgan fingerprint density at radius 1 is 0.341 bits per heavy atom. The minimum absolute atomic E-state index is 0.198. The zero-order valence-corrected chi connectivity index (χ0v) is 52.8. The van der Waals surface area contributed by atoms with Crippen LogP contribution in [0.25, 0.3) is 0 Å². The van der Waals surface area contributed by atoms with Crippen molar-refractivity contribution in [3.05, 3.63) is 115 Å². The SMILES string of the molecule is CCOC(=O)CCc1cc(C)c(OCCC(C)C)c(Cc2cc(CCC(=O)OCC)cc(Cc3cc(CCC(=O)OCC)cc(Cc4cc(CCC(=O)OCC)cc(CC)c4OCCC(C)C)c3OCCC(C)C)c2OCCC(C)C)c1. The topological polar surface area (TPSA) is 142 Å². The molecule has 4 aromatic rings. The molecule has 0 atom stereocenters. The number of esters is 4. The number of carbonyl (C=O) groups is 4. The lowest BCUT2D eigenvalue weighted by atomic mass is 9.89. The zero-order chi connectivity index (χ0) is 60.1. The monoisotopic (exact) mass is 1130 g/mol. The van der Waals surface area contributed by atoms with Crippen molar-refractivity contribution >= 4 is 23.9 Å². The van der Waals surface area contributed by atoms with Gasteiger partial charge in [-0.2, -0.15) is 0 Å². The largest absolute Gasteiger partial charge is 0.493 e. The molecule has 12 heteroatoms. The molecule has 0 aromatic heterocycles. The summed E-state index contributed by atoms with van der Waals surface area (Å²) in [7, 11) is 0. The van der Waals surface area contributed by atoms with Crippen molar-refractivity contribution in [2.45, 2.75) is 200 Å². The molecule has 0 saturated carbocycles. The predicted octanol–water partition coefficient (Wildman–Crippen LogP) is 15.0. The number of aryl methyl sites for hydroxylation is 6. The molecule has 0 N–H and O–H groups in total. The lowest BCUT2D eigenvalue weighted by molar-refractivity contribution is -0.144. The van der Waals surface area contributed by atoms with Gasteiger partial charge in [-0.25, -0.2) is 0 Å². The van der Waals surface area contributed by atoms with Gasteiger partial charge in [0.1, 0.15) is 23.0 Å². The van der Waals surface area contributed by atoms with Crippen LogP contribution in [-0.2, 0) is 89.5 Å². The number of ether oxygens (including phenoxy) is 8. The Labute approximate surface area is 493 Å². The third-order valence-corrected chi connectivity index (χ3v) is 14.3. The van der Waals surface area contributed by atoms with E-state index in [0.29, 0.717) is 121 Å². The zero-order valence-electron chi connectivity index (χ0n) is 52.8. The fraction of sp³-hybridized carbons (Fsp3) is 0.600. The number of hydrogen-bond donors (Lipinski definition) is 0. The molecule has 454 valence electrons. The fourth-order valence-electron chi connectivity index (χ4n) is 9.92.